The number of hydrogen-bond donors (Lipinski definition) is 3. The fraction of sp³-hybridized carbons (Fsp3) is 0.556. The van der Waals surface area contributed by atoms with Gasteiger partial charge in [0.05, 0.1) is 13.2 Å². The van der Waals surface area contributed by atoms with Crippen molar-refractivity contribution in [3.05, 3.63) is 29.8 Å². The zero-order valence-corrected chi connectivity index (χ0v) is 16.9. The van der Waals surface area contributed by atoms with Gasteiger partial charge < -0.3 is 20.1 Å². The van der Waals surface area contributed by atoms with E-state index < -0.39 is 0 Å². The molecule has 2 aromatic rings. The van der Waals surface area contributed by atoms with Crippen molar-refractivity contribution in [3.63, 3.8) is 0 Å². The lowest BCUT2D eigenvalue weighted by molar-refractivity contribution is -0.910. The number of rotatable bonds is 8. The van der Waals surface area contributed by atoms with Crippen molar-refractivity contribution >= 4 is 33.9 Å². The molecule has 6 nitrogen and oxygen atoms in total. The van der Waals surface area contributed by atoms with Crippen LogP contribution in [0.5, 0.6) is 0 Å². The number of aliphatic hydroxyl groups excluding tert-OH is 1. The van der Waals surface area contributed by atoms with Crippen LogP contribution in [0.15, 0.2) is 28.6 Å². The van der Waals surface area contributed by atoms with E-state index in [2.05, 4.69) is 53.6 Å². The molecule has 1 fully saturated rings. The van der Waals surface area contributed by atoms with Gasteiger partial charge in [0, 0.05) is 11.4 Å². The Morgan fingerprint density at radius 2 is 1.96 bits per heavy atom. The molecule has 142 valence electrons. The van der Waals surface area contributed by atoms with E-state index >= 15 is 0 Å². The Balaban J connectivity index is 1.45. The highest BCUT2D eigenvalue weighted by Crippen LogP contribution is 2.28. The molecule has 0 spiro atoms. The fourth-order valence-electron chi connectivity index (χ4n) is 2.82. The Kier molecular flexibility index (Phi) is 7.27. The Morgan fingerprint density at radius 1 is 1.23 bits per heavy atom. The van der Waals surface area contributed by atoms with E-state index in [9.17, 15) is 5.11 Å². The Bertz CT molecular complexity index is 672. The Labute approximate surface area is 163 Å². The third kappa shape index (κ3) is 5.92. The van der Waals surface area contributed by atoms with E-state index in [0.29, 0.717) is 11.7 Å². The number of ether oxygens (including phenoxy) is 1. The van der Waals surface area contributed by atoms with Crippen LogP contribution in [0, 0.1) is 0 Å². The first-order chi connectivity index (χ1) is 12.6. The summed E-state index contributed by atoms with van der Waals surface area (Å²) in [6.07, 6.45) is -0.336. The van der Waals surface area contributed by atoms with Crippen molar-refractivity contribution < 1.29 is 14.7 Å². The second-order valence-corrected chi connectivity index (χ2v) is 9.05. The van der Waals surface area contributed by atoms with E-state index in [1.807, 2.05) is 0 Å². The molecule has 3 rings (SSSR count). The predicted octanol–water partition coefficient (Wildman–Crippen LogP) is 1.77. The average Bonchev–Trinajstić information content (AvgIpc) is 3.09. The first-order valence-electron chi connectivity index (χ1n) is 9.03. The van der Waals surface area contributed by atoms with Gasteiger partial charge in [-0.05, 0) is 23.6 Å². The third-order valence-electron chi connectivity index (χ3n) is 4.36. The number of aliphatic hydroxyl groups is 1. The van der Waals surface area contributed by atoms with E-state index in [1.54, 1.807) is 11.8 Å². The third-order valence-corrected chi connectivity index (χ3v) is 6.48. The van der Waals surface area contributed by atoms with Crippen LogP contribution in [0.25, 0.3) is 0 Å². The molecule has 0 unspecified atom stereocenters. The number of thioether (sulfide) groups is 1. The lowest BCUT2D eigenvalue weighted by Crippen LogP contribution is -3.15. The van der Waals surface area contributed by atoms with Gasteiger partial charge in [-0.15, -0.1) is 10.2 Å². The average molecular weight is 396 g/mol. The molecule has 3 N–H and O–H groups in total. The molecule has 1 aliphatic rings. The summed E-state index contributed by atoms with van der Waals surface area (Å²) in [6, 6.07) is 8.40. The molecule has 8 heteroatoms. The molecule has 2 heterocycles. The van der Waals surface area contributed by atoms with Crippen LogP contribution in [0.1, 0.15) is 25.3 Å². The Morgan fingerprint density at radius 3 is 2.65 bits per heavy atom. The number of hydrogen-bond acceptors (Lipinski definition) is 7. The predicted molar refractivity (Wildman–Crippen MR) is 107 cm³/mol. The fourth-order valence-corrected chi connectivity index (χ4v) is 4.54. The van der Waals surface area contributed by atoms with Gasteiger partial charge in [-0.1, -0.05) is 49.1 Å². The molecular weight excluding hydrogens is 368 g/mol. The highest BCUT2D eigenvalue weighted by Gasteiger charge is 2.19. The van der Waals surface area contributed by atoms with Crippen molar-refractivity contribution in [2.75, 3.05) is 43.9 Å². The summed E-state index contributed by atoms with van der Waals surface area (Å²) in [4.78, 5) is 1.41. The van der Waals surface area contributed by atoms with Crippen LogP contribution in [0.2, 0.25) is 0 Å². The monoisotopic (exact) mass is 395 g/mol. The molecule has 0 bridgehead atoms. The SMILES string of the molecule is CC(C)c1ccc(Nc2nnc(SC[C@H](O)C[NH+]3CCOCC3)s2)cc1. The molecule has 0 radical (unpaired) electrons. The van der Waals surface area contributed by atoms with E-state index in [4.69, 9.17) is 4.74 Å². The van der Waals surface area contributed by atoms with Gasteiger partial charge in [0.2, 0.25) is 5.13 Å². The summed E-state index contributed by atoms with van der Waals surface area (Å²) < 4.78 is 6.23. The van der Waals surface area contributed by atoms with Gasteiger partial charge in [-0.25, -0.2) is 0 Å². The van der Waals surface area contributed by atoms with Gasteiger partial charge in [0.15, 0.2) is 4.34 Å². The first kappa shape index (κ1) is 19.6. The molecule has 0 aliphatic carbocycles. The van der Waals surface area contributed by atoms with Gasteiger partial charge in [-0.3, -0.25) is 0 Å². The minimum absolute atomic E-state index is 0.336. The smallest absolute Gasteiger partial charge is 0.210 e. The van der Waals surface area contributed by atoms with Crippen LogP contribution in [-0.2, 0) is 4.74 Å². The van der Waals surface area contributed by atoms with Crippen molar-refractivity contribution in [2.24, 2.45) is 0 Å². The van der Waals surface area contributed by atoms with E-state index in [-0.39, 0.29) is 6.10 Å². The van der Waals surface area contributed by atoms with Gasteiger partial charge in [0.1, 0.15) is 25.7 Å². The topological polar surface area (TPSA) is 71.7 Å². The van der Waals surface area contributed by atoms with Gasteiger partial charge in [0.25, 0.3) is 0 Å². The zero-order valence-electron chi connectivity index (χ0n) is 15.3. The number of nitrogens with zero attached hydrogens (tertiary/aromatic N) is 2. The highest BCUT2D eigenvalue weighted by atomic mass is 32.2. The van der Waals surface area contributed by atoms with E-state index in [1.165, 1.54) is 21.8 Å². The normalized spacial score (nSPS) is 16.8. The highest BCUT2D eigenvalue weighted by molar-refractivity contribution is 8.01. The minimum Gasteiger partial charge on any atom is -0.386 e. The van der Waals surface area contributed by atoms with E-state index in [0.717, 1.165) is 48.0 Å². The molecule has 0 saturated carbocycles. The van der Waals surface area contributed by atoms with Gasteiger partial charge >= 0.3 is 0 Å². The molecule has 1 aliphatic heterocycles. The minimum atomic E-state index is -0.336. The molecule has 0 amide bonds. The molecular formula is C18H27N4O2S2+. The van der Waals surface area contributed by atoms with Crippen LogP contribution in [0.4, 0.5) is 10.8 Å². The number of morpholine rings is 1. The number of quaternary nitrogens is 1. The Hall–Kier alpha value is -1.19. The van der Waals surface area contributed by atoms with Crippen LogP contribution in [-0.4, -0.2) is 60.0 Å². The largest absolute Gasteiger partial charge is 0.386 e. The standard InChI is InChI=1S/C18H26N4O2S2/c1-13(2)14-3-5-15(6-4-14)19-17-20-21-18(26-17)25-12-16(23)11-22-7-9-24-10-8-22/h3-6,13,16,23H,7-12H2,1-2H3,(H,19,20)/p+1/t16-/m1/s1. The van der Waals surface area contributed by atoms with Crippen molar-refractivity contribution in [1.29, 1.82) is 0 Å². The second kappa shape index (κ2) is 9.66. The lowest BCUT2D eigenvalue weighted by Gasteiger charge is -2.25. The van der Waals surface area contributed by atoms with Crippen LogP contribution < -0.4 is 10.2 Å². The number of aromatic nitrogens is 2. The summed E-state index contributed by atoms with van der Waals surface area (Å²) >= 11 is 3.08. The molecule has 1 aromatic heterocycles. The summed E-state index contributed by atoms with van der Waals surface area (Å²) in [6.45, 7) is 8.67. The molecule has 1 atom stereocenters. The maximum absolute atomic E-state index is 10.2. The lowest BCUT2D eigenvalue weighted by atomic mass is 10.0. The second-order valence-electron chi connectivity index (χ2n) is 6.81. The summed E-state index contributed by atoms with van der Waals surface area (Å²) in [5.41, 5.74) is 2.33. The van der Waals surface area contributed by atoms with Crippen LogP contribution >= 0.6 is 23.1 Å². The summed E-state index contributed by atoms with van der Waals surface area (Å²) in [5.74, 6) is 1.17. The maximum atomic E-state index is 10.2. The maximum Gasteiger partial charge on any atom is 0.210 e. The number of nitrogens with one attached hydrogen (secondary N) is 2. The summed E-state index contributed by atoms with van der Waals surface area (Å²) in [5, 5.41) is 22.7. The molecule has 1 saturated heterocycles. The molecule has 1 aromatic carbocycles. The van der Waals surface area contributed by atoms with Crippen molar-refractivity contribution in [1.82, 2.24) is 10.2 Å². The van der Waals surface area contributed by atoms with Crippen LogP contribution in [0.3, 0.4) is 0 Å². The number of anilines is 2. The summed E-state index contributed by atoms with van der Waals surface area (Å²) in [7, 11) is 0. The number of benzene rings is 1. The quantitative estimate of drug-likeness (QED) is 0.592. The molecule has 26 heavy (non-hydrogen) atoms. The van der Waals surface area contributed by atoms with Gasteiger partial charge in [-0.2, -0.15) is 0 Å². The van der Waals surface area contributed by atoms with Crippen molar-refractivity contribution in [2.45, 2.75) is 30.2 Å². The zero-order chi connectivity index (χ0) is 18.4. The first-order valence-corrected chi connectivity index (χ1v) is 10.8. The van der Waals surface area contributed by atoms with Crippen molar-refractivity contribution in [3.8, 4) is 0 Å².